The van der Waals surface area contributed by atoms with Crippen molar-refractivity contribution < 1.29 is 4.79 Å². The number of halogens is 1. The Morgan fingerprint density at radius 1 is 1.42 bits per heavy atom. The highest BCUT2D eigenvalue weighted by molar-refractivity contribution is 8.00. The standard InChI is InChI=1S/C14H20N2OS.ClH/c15-9-13(11-5-2-1-3-6-11)14(17)16-10-12-7-4-8-18-12;/h1-3,5-6,12-13H,4,7-10,15H2,(H,16,17);1H. The third-order valence-corrected chi connectivity index (χ3v) is 4.68. The molecule has 0 spiro atoms. The second-order valence-electron chi connectivity index (χ2n) is 4.58. The molecular weight excluding hydrogens is 280 g/mol. The van der Waals surface area contributed by atoms with Crippen molar-refractivity contribution >= 4 is 30.1 Å². The molecule has 2 atom stereocenters. The van der Waals surface area contributed by atoms with Gasteiger partial charge in [0, 0.05) is 18.3 Å². The molecule has 3 nitrogen and oxygen atoms in total. The summed E-state index contributed by atoms with van der Waals surface area (Å²) in [5, 5.41) is 3.62. The summed E-state index contributed by atoms with van der Waals surface area (Å²) in [7, 11) is 0. The zero-order chi connectivity index (χ0) is 12.8. The Hall–Kier alpha value is -0.710. The topological polar surface area (TPSA) is 55.1 Å². The highest BCUT2D eigenvalue weighted by Gasteiger charge is 2.21. The number of rotatable bonds is 5. The second kappa shape index (κ2) is 8.46. The van der Waals surface area contributed by atoms with Gasteiger partial charge in [-0.3, -0.25) is 4.79 Å². The second-order valence-corrected chi connectivity index (χ2v) is 5.99. The molecule has 1 aromatic carbocycles. The molecule has 2 rings (SSSR count). The van der Waals surface area contributed by atoms with Gasteiger partial charge < -0.3 is 11.1 Å². The zero-order valence-corrected chi connectivity index (χ0v) is 12.5. The van der Waals surface area contributed by atoms with Gasteiger partial charge in [-0.15, -0.1) is 12.4 Å². The van der Waals surface area contributed by atoms with E-state index in [1.54, 1.807) is 0 Å². The van der Waals surface area contributed by atoms with Crippen LogP contribution in [0.5, 0.6) is 0 Å². The van der Waals surface area contributed by atoms with Gasteiger partial charge in [0.1, 0.15) is 0 Å². The lowest BCUT2D eigenvalue weighted by molar-refractivity contribution is -0.122. The van der Waals surface area contributed by atoms with Gasteiger partial charge in [0.15, 0.2) is 0 Å². The average Bonchev–Trinajstić information content (AvgIpc) is 2.92. The molecule has 1 fully saturated rings. The van der Waals surface area contributed by atoms with Crippen molar-refractivity contribution in [3.63, 3.8) is 0 Å². The molecule has 3 N–H and O–H groups in total. The number of hydrogen-bond donors (Lipinski definition) is 2. The summed E-state index contributed by atoms with van der Waals surface area (Å²) < 4.78 is 0. The summed E-state index contributed by atoms with van der Waals surface area (Å²) in [6.45, 7) is 1.13. The maximum atomic E-state index is 12.1. The molecule has 106 valence electrons. The van der Waals surface area contributed by atoms with Crippen LogP contribution in [0.2, 0.25) is 0 Å². The smallest absolute Gasteiger partial charge is 0.228 e. The Morgan fingerprint density at radius 2 is 2.16 bits per heavy atom. The van der Waals surface area contributed by atoms with Crippen molar-refractivity contribution in [1.29, 1.82) is 0 Å². The highest BCUT2D eigenvalue weighted by atomic mass is 35.5. The summed E-state index contributed by atoms with van der Waals surface area (Å²) >= 11 is 1.95. The summed E-state index contributed by atoms with van der Waals surface area (Å²) in [5.41, 5.74) is 6.72. The summed E-state index contributed by atoms with van der Waals surface area (Å²) in [6.07, 6.45) is 2.48. The Labute approximate surface area is 125 Å². The Morgan fingerprint density at radius 3 is 2.74 bits per heavy atom. The average molecular weight is 301 g/mol. The van der Waals surface area contributed by atoms with Gasteiger partial charge in [0.25, 0.3) is 0 Å². The van der Waals surface area contributed by atoms with Crippen LogP contribution >= 0.6 is 24.2 Å². The lowest BCUT2D eigenvalue weighted by Gasteiger charge is -2.17. The van der Waals surface area contributed by atoms with E-state index in [2.05, 4.69) is 5.32 Å². The third-order valence-electron chi connectivity index (χ3n) is 3.28. The third kappa shape index (κ3) is 4.71. The number of nitrogens with one attached hydrogen (secondary N) is 1. The van der Waals surface area contributed by atoms with Crippen LogP contribution in [0.4, 0.5) is 0 Å². The minimum Gasteiger partial charge on any atom is -0.354 e. The van der Waals surface area contributed by atoms with E-state index in [4.69, 9.17) is 5.73 Å². The fourth-order valence-corrected chi connectivity index (χ4v) is 3.42. The van der Waals surface area contributed by atoms with Gasteiger partial charge >= 0.3 is 0 Å². The lowest BCUT2D eigenvalue weighted by atomic mass is 9.98. The predicted molar refractivity (Wildman–Crippen MR) is 84.0 cm³/mol. The Kier molecular flexibility index (Phi) is 7.28. The molecule has 0 aromatic heterocycles. The van der Waals surface area contributed by atoms with E-state index in [0.717, 1.165) is 12.1 Å². The molecule has 0 aliphatic carbocycles. The SMILES string of the molecule is Cl.NCC(C(=O)NCC1CCCS1)c1ccccc1. The van der Waals surface area contributed by atoms with Crippen LogP contribution in [0, 0.1) is 0 Å². The molecule has 1 heterocycles. The summed E-state index contributed by atoms with van der Waals surface area (Å²) in [4.78, 5) is 12.1. The van der Waals surface area contributed by atoms with Crippen molar-refractivity contribution in [1.82, 2.24) is 5.32 Å². The van der Waals surface area contributed by atoms with Crippen LogP contribution < -0.4 is 11.1 Å². The van der Waals surface area contributed by atoms with Crippen LogP contribution in [0.25, 0.3) is 0 Å². The largest absolute Gasteiger partial charge is 0.354 e. The van der Waals surface area contributed by atoms with Crippen LogP contribution in [0.15, 0.2) is 30.3 Å². The van der Waals surface area contributed by atoms with Crippen molar-refractivity contribution in [3.8, 4) is 0 Å². The first-order valence-corrected chi connectivity index (χ1v) is 7.50. The molecule has 0 radical (unpaired) electrons. The van der Waals surface area contributed by atoms with Crippen molar-refractivity contribution in [2.45, 2.75) is 24.0 Å². The van der Waals surface area contributed by atoms with Crippen molar-refractivity contribution in [2.24, 2.45) is 5.73 Å². The highest BCUT2D eigenvalue weighted by Crippen LogP contribution is 2.25. The maximum absolute atomic E-state index is 12.1. The van der Waals surface area contributed by atoms with Crippen LogP contribution in [0.1, 0.15) is 24.3 Å². The minimum atomic E-state index is -0.224. The molecule has 5 heteroatoms. The number of amides is 1. The van der Waals surface area contributed by atoms with Crippen molar-refractivity contribution in [3.05, 3.63) is 35.9 Å². The van der Waals surface area contributed by atoms with Gasteiger partial charge in [-0.25, -0.2) is 0 Å². The fourth-order valence-electron chi connectivity index (χ4n) is 2.22. The van der Waals surface area contributed by atoms with Gasteiger partial charge in [0.05, 0.1) is 5.92 Å². The first-order valence-electron chi connectivity index (χ1n) is 6.45. The van der Waals surface area contributed by atoms with Crippen molar-refractivity contribution in [2.75, 3.05) is 18.8 Å². The Bertz CT molecular complexity index is 382. The number of hydrogen-bond acceptors (Lipinski definition) is 3. The molecule has 1 amide bonds. The summed E-state index contributed by atoms with van der Waals surface area (Å²) in [6, 6.07) is 9.75. The molecule has 2 unspecified atom stereocenters. The first-order chi connectivity index (χ1) is 8.81. The lowest BCUT2D eigenvalue weighted by Crippen LogP contribution is -2.36. The number of carbonyl (C=O) groups excluding carboxylic acids is 1. The van der Waals surface area contributed by atoms with Crippen LogP contribution in [-0.2, 0) is 4.79 Å². The van der Waals surface area contributed by atoms with Gasteiger partial charge in [0.2, 0.25) is 5.91 Å². The van der Waals surface area contributed by atoms with E-state index in [0.29, 0.717) is 11.8 Å². The van der Waals surface area contributed by atoms with E-state index < -0.39 is 0 Å². The van der Waals surface area contributed by atoms with E-state index in [-0.39, 0.29) is 24.2 Å². The molecular formula is C14H21ClN2OS. The minimum absolute atomic E-state index is 0. The summed E-state index contributed by atoms with van der Waals surface area (Å²) in [5.74, 6) is 1.05. The molecule has 1 saturated heterocycles. The number of thioether (sulfide) groups is 1. The van der Waals surface area contributed by atoms with Gasteiger partial charge in [-0.1, -0.05) is 30.3 Å². The monoisotopic (exact) mass is 300 g/mol. The molecule has 1 aliphatic rings. The molecule has 1 aromatic rings. The molecule has 19 heavy (non-hydrogen) atoms. The van der Waals surface area contributed by atoms with Crippen LogP contribution in [-0.4, -0.2) is 30.0 Å². The van der Waals surface area contributed by atoms with E-state index >= 15 is 0 Å². The number of carbonyl (C=O) groups is 1. The van der Waals surface area contributed by atoms with E-state index in [1.807, 2.05) is 42.1 Å². The number of benzene rings is 1. The van der Waals surface area contributed by atoms with E-state index in [9.17, 15) is 4.79 Å². The first kappa shape index (κ1) is 16.3. The number of nitrogens with two attached hydrogens (primary N) is 1. The molecule has 0 saturated carbocycles. The Balaban J connectivity index is 0.00000180. The van der Waals surface area contributed by atoms with E-state index in [1.165, 1.54) is 18.6 Å². The fraction of sp³-hybridized carbons (Fsp3) is 0.500. The molecule has 1 aliphatic heterocycles. The zero-order valence-electron chi connectivity index (χ0n) is 10.9. The predicted octanol–water partition coefficient (Wildman–Crippen LogP) is 2.16. The van der Waals surface area contributed by atoms with Gasteiger partial charge in [-0.05, 0) is 24.2 Å². The normalized spacial score (nSPS) is 19.5. The van der Waals surface area contributed by atoms with Crippen LogP contribution in [0.3, 0.4) is 0 Å². The van der Waals surface area contributed by atoms with Gasteiger partial charge in [-0.2, -0.15) is 11.8 Å². The quantitative estimate of drug-likeness (QED) is 0.876. The molecule has 0 bridgehead atoms. The maximum Gasteiger partial charge on any atom is 0.228 e.